The Labute approximate surface area is 160 Å². The van der Waals surface area contributed by atoms with Gasteiger partial charge in [-0.25, -0.2) is 4.98 Å². The predicted molar refractivity (Wildman–Crippen MR) is 104 cm³/mol. The highest BCUT2D eigenvalue weighted by atomic mass is 79.9. The SMILES string of the molecule is COCC(C)NC(=O)c1ccccc1-c1ncc(-c2cccc(Br)c2)o1. The molecule has 1 aromatic heterocycles. The summed E-state index contributed by atoms with van der Waals surface area (Å²) in [5, 5.41) is 2.91. The molecule has 0 aliphatic rings. The van der Waals surface area contributed by atoms with Crippen molar-refractivity contribution in [1.82, 2.24) is 10.3 Å². The monoisotopic (exact) mass is 414 g/mol. The Morgan fingerprint density at radius 3 is 2.85 bits per heavy atom. The standard InChI is InChI=1S/C20H19BrN2O3/c1-13(12-25-2)23-19(24)16-8-3-4-9-17(16)20-22-11-18(26-20)14-6-5-7-15(21)10-14/h3-11,13H,12H2,1-2H3,(H,23,24). The summed E-state index contributed by atoms with van der Waals surface area (Å²) in [7, 11) is 1.60. The van der Waals surface area contributed by atoms with Gasteiger partial charge >= 0.3 is 0 Å². The minimum atomic E-state index is -0.188. The normalized spacial score (nSPS) is 12.0. The van der Waals surface area contributed by atoms with Gasteiger partial charge in [-0.2, -0.15) is 0 Å². The molecule has 0 aliphatic heterocycles. The zero-order chi connectivity index (χ0) is 18.5. The molecule has 0 saturated heterocycles. The van der Waals surface area contributed by atoms with Gasteiger partial charge in [0.1, 0.15) is 0 Å². The number of benzene rings is 2. The molecule has 1 N–H and O–H groups in total. The van der Waals surface area contributed by atoms with Crippen molar-refractivity contribution in [2.24, 2.45) is 0 Å². The molecule has 0 spiro atoms. The number of halogens is 1. The summed E-state index contributed by atoms with van der Waals surface area (Å²) in [5.41, 5.74) is 2.07. The maximum Gasteiger partial charge on any atom is 0.252 e. The van der Waals surface area contributed by atoms with Gasteiger partial charge in [-0.05, 0) is 31.2 Å². The number of hydrogen-bond acceptors (Lipinski definition) is 4. The Morgan fingerprint density at radius 2 is 2.08 bits per heavy atom. The Bertz CT molecular complexity index is 907. The second-order valence-corrected chi connectivity index (χ2v) is 6.83. The van der Waals surface area contributed by atoms with Crippen LogP contribution in [0, 0.1) is 0 Å². The van der Waals surface area contributed by atoms with E-state index in [9.17, 15) is 4.79 Å². The molecule has 0 saturated carbocycles. The lowest BCUT2D eigenvalue weighted by Gasteiger charge is -2.14. The first-order valence-corrected chi connectivity index (χ1v) is 8.98. The number of ether oxygens (including phenoxy) is 1. The summed E-state index contributed by atoms with van der Waals surface area (Å²) in [4.78, 5) is 17.0. The molecule has 1 unspecified atom stereocenters. The highest BCUT2D eigenvalue weighted by molar-refractivity contribution is 9.10. The summed E-state index contributed by atoms with van der Waals surface area (Å²) in [5.74, 6) is 0.863. The molecule has 3 aromatic rings. The van der Waals surface area contributed by atoms with E-state index in [1.807, 2.05) is 49.4 Å². The molecule has 26 heavy (non-hydrogen) atoms. The number of hydrogen-bond donors (Lipinski definition) is 1. The van der Waals surface area contributed by atoms with E-state index in [1.54, 1.807) is 19.4 Å². The van der Waals surface area contributed by atoms with Gasteiger partial charge in [-0.3, -0.25) is 4.79 Å². The van der Waals surface area contributed by atoms with E-state index in [0.717, 1.165) is 10.0 Å². The van der Waals surface area contributed by atoms with Crippen LogP contribution in [0.1, 0.15) is 17.3 Å². The van der Waals surface area contributed by atoms with Gasteiger partial charge in [0, 0.05) is 28.8 Å². The Morgan fingerprint density at radius 1 is 1.27 bits per heavy atom. The summed E-state index contributed by atoms with van der Waals surface area (Å²) >= 11 is 3.45. The zero-order valence-electron chi connectivity index (χ0n) is 14.5. The summed E-state index contributed by atoms with van der Waals surface area (Å²) in [6, 6.07) is 14.9. The van der Waals surface area contributed by atoms with Gasteiger partial charge in [0.2, 0.25) is 5.89 Å². The van der Waals surface area contributed by atoms with Crippen molar-refractivity contribution in [1.29, 1.82) is 0 Å². The van der Waals surface area contributed by atoms with E-state index in [2.05, 4.69) is 26.2 Å². The zero-order valence-corrected chi connectivity index (χ0v) is 16.1. The molecule has 2 aromatic carbocycles. The van der Waals surface area contributed by atoms with E-state index in [0.29, 0.717) is 29.4 Å². The topological polar surface area (TPSA) is 64.4 Å². The molecular formula is C20H19BrN2O3. The van der Waals surface area contributed by atoms with Crippen molar-refractivity contribution < 1.29 is 13.9 Å². The lowest BCUT2D eigenvalue weighted by molar-refractivity contribution is 0.0906. The number of carbonyl (C=O) groups is 1. The van der Waals surface area contributed by atoms with Crippen LogP contribution in [0.15, 0.2) is 63.6 Å². The van der Waals surface area contributed by atoms with Crippen molar-refractivity contribution in [2.75, 3.05) is 13.7 Å². The Hall–Kier alpha value is -2.44. The third-order valence-electron chi connectivity index (χ3n) is 3.81. The number of rotatable bonds is 6. The minimum Gasteiger partial charge on any atom is -0.436 e. The number of nitrogens with one attached hydrogen (secondary N) is 1. The van der Waals surface area contributed by atoms with E-state index >= 15 is 0 Å². The van der Waals surface area contributed by atoms with Crippen molar-refractivity contribution in [3.05, 3.63) is 64.8 Å². The van der Waals surface area contributed by atoms with Gasteiger partial charge < -0.3 is 14.5 Å². The maximum atomic E-state index is 12.6. The summed E-state index contributed by atoms with van der Waals surface area (Å²) in [6.07, 6.45) is 1.67. The van der Waals surface area contributed by atoms with E-state index in [1.165, 1.54) is 0 Å². The average molecular weight is 415 g/mol. The number of aromatic nitrogens is 1. The first-order valence-electron chi connectivity index (χ1n) is 8.19. The van der Waals surface area contributed by atoms with Crippen LogP contribution in [0.25, 0.3) is 22.8 Å². The van der Waals surface area contributed by atoms with E-state index in [4.69, 9.17) is 9.15 Å². The molecule has 0 radical (unpaired) electrons. The fraction of sp³-hybridized carbons (Fsp3) is 0.200. The molecular weight excluding hydrogens is 396 g/mol. The number of amides is 1. The van der Waals surface area contributed by atoms with E-state index < -0.39 is 0 Å². The lowest BCUT2D eigenvalue weighted by atomic mass is 10.1. The minimum absolute atomic E-state index is 0.0950. The number of carbonyl (C=O) groups excluding carboxylic acids is 1. The van der Waals surface area contributed by atoms with Crippen molar-refractivity contribution in [3.8, 4) is 22.8 Å². The lowest BCUT2D eigenvalue weighted by Crippen LogP contribution is -2.35. The highest BCUT2D eigenvalue weighted by Gasteiger charge is 2.18. The van der Waals surface area contributed by atoms with Gasteiger partial charge in [-0.1, -0.05) is 40.2 Å². The average Bonchev–Trinajstić information content (AvgIpc) is 3.12. The summed E-state index contributed by atoms with van der Waals surface area (Å²) in [6.45, 7) is 2.33. The van der Waals surface area contributed by atoms with Crippen LogP contribution in [0.5, 0.6) is 0 Å². The molecule has 0 aliphatic carbocycles. The molecule has 134 valence electrons. The van der Waals surface area contributed by atoms with Crippen LogP contribution in [-0.2, 0) is 4.74 Å². The van der Waals surface area contributed by atoms with Gasteiger partial charge in [0.05, 0.1) is 18.4 Å². The third kappa shape index (κ3) is 4.20. The second-order valence-electron chi connectivity index (χ2n) is 5.92. The molecule has 6 heteroatoms. The molecule has 1 heterocycles. The van der Waals surface area contributed by atoms with Crippen molar-refractivity contribution >= 4 is 21.8 Å². The summed E-state index contributed by atoms with van der Waals surface area (Å²) < 4.78 is 11.9. The molecule has 1 amide bonds. The largest absolute Gasteiger partial charge is 0.436 e. The highest BCUT2D eigenvalue weighted by Crippen LogP contribution is 2.29. The molecule has 0 bridgehead atoms. The first-order chi connectivity index (χ1) is 12.6. The van der Waals surface area contributed by atoms with Crippen LogP contribution in [-0.4, -0.2) is 30.6 Å². The second kappa shape index (κ2) is 8.29. The van der Waals surface area contributed by atoms with Crippen LogP contribution >= 0.6 is 15.9 Å². The first kappa shape index (κ1) is 18.4. The predicted octanol–water partition coefficient (Wildman–Crippen LogP) is 4.54. The van der Waals surface area contributed by atoms with Gasteiger partial charge in [-0.15, -0.1) is 0 Å². The molecule has 3 rings (SSSR count). The number of nitrogens with zero attached hydrogens (tertiary/aromatic N) is 1. The maximum absolute atomic E-state index is 12.6. The molecule has 0 fully saturated rings. The van der Waals surface area contributed by atoms with Gasteiger partial charge in [0.25, 0.3) is 5.91 Å². The number of oxazole rings is 1. The van der Waals surface area contributed by atoms with Crippen molar-refractivity contribution in [3.63, 3.8) is 0 Å². The molecule has 5 nitrogen and oxygen atoms in total. The van der Waals surface area contributed by atoms with Crippen LogP contribution in [0.4, 0.5) is 0 Å². The van der Waals surface area contributed by atoms with Crippen LogP contribution < -0.4 is 5.32 Å². The smallest absolute Gasteiger partial charge is 0.252 e. The van der Waals surface area contributed by atoms with Gasteiger partial charge in [0.15, 0.2) is 5.76 Å². The Balaban J connectivity index is 1.90. The van der Waals surface area contributed by atoms with E-state index in [-0.39, 0.29) is 11.9 Å². The molecule has 1 atom stereocenters. The van der Waals surface area contributed by atoms with Crippen molar-refractivity contribution in [2.45, 2.75) is 13.0 Å². The quantitative estimate of drug-likeness (QED) is 0.642. The Kier molecular flexibility index (Phi) is 5.85. The van der Waals surface area contributed by atoms with Crippen LogP contribution in [0.3, 0.4) is 0 Å². The fourth-order valence-corrected chi connectivity index (χ4v) is 3.03. The fourth-order valence-electron chi connectivity index (χ4n) is 2.63. The van der Waals surface area contributed by atoms with Crippen LogP contribution in [0.2, 0.25) is 0 Å². The third-order valence-corrected chi connectivity index (χ3v) is 4.30. The number of methoxy groups -OCH3 is 1.